The molecule has 0 saturated heterocycles. The zero-order chi connectivity index (χ0) is 10.8. The molecule has 1 heterocycles. The highest BCUT2D eigenvalue weighted by atomic mass is 35.5. The Kier molecular flexibility index (Phi) is 7.23. The molecule has 94 valence electrons. The Morgan fingerprint density at radius 1 is 1.31 bits per heavy atom. The van der Waals surface area contributed by atoms with Gasteiger partial charge in [0.1, 0.15) is 0 Å². The molecule has 0 aliphatic rings. The second-order valence-electron chi connectivity index (χ2n) is 2.85. The molecule has 0 amide bonds. The second-order valence-corrected chi connectivity index (χ2v) is 2.85. The first kappa shape index (κ1) is 17.5. The van der Waals surface area contributed by atoms with Crippen molar-refractivity contribution in [3.8, 4) is 0 Å². The molecule has 0 aromatic carbocycles. The highest BCUT2D eigenvalue weighted by Crippen LogP contribution is 2.25. The van der Waals surface area contributed by atoms with Crippen LogP contribution in [0.3, 0.4) is 0 Å². The quantitative estimate of drug-likeness (QED) is 0.853. The highest BCUT2D eigenvalue weighted by molar-refractivity contribution is 5.85. The van der Waals surface area contributed by atoms with Crippen LogP contribution in [0.25, 0.3) is 0 Å². The number of aromatic nitrogens is 2. The molecule has 0 saturated carbocycles. The van der Waals surface area contributed by atoms with Crippen molar-refractivity contribution >= 4 is 12.4 Å². The van der Waals surface area contributed by atoms with Crippen LogP contribution >= 0.6 is 12.4 Å². The van der Waals surface area contributed by atoms with Crippen molar-refractivity contribution in [1.82, 2.24) is 16.1 Å². The summed E-state index contributed by atoms with van der Waals surface area (Å²) in [5, 5.41) is 0. The van der Waals surface area contributed by atoms with Gasteiger partial charge in [0.15, 0.2) is 0 Å². The van der Waals surface area contributed by atoms with Gasteiger partial charge in [0.25, 0.3) is 0 Å². The molecule has 1 aromatic heterocycles. The molecule has 0 spiro atoms. The number of hydrogen-bond acceptors (Lipinski definition) is 4. The van der Waals surface area contributed by atoms with Crippen LogP contribution in [0, 0.1) is 0 Å². The first-order valence-electron chi connectivity index (χ1n) is 4.10. The van der Waals surface area contributed by atoms with E-state index in [4.69, 9.17) is 5.73 Å². The molecule has 4 nitrogen and oxygen atoms in total. The number of nitrogens with zero attached hydrogens (tertiary/aromatic N) is 2. The van der Waals surface area contributed by atoms with E-state index in [0.29, 0.717) is 12.0 Å². The fraction of sp³-hybridized carbons (Fsp3) is 0.500. The van der Waals surface area contributed by atoms with Gasteiger partial charge < -0.3 is 11.9 Å². The maximum atomic E-state index is 12.0. The smallest absolute Gasteiger partial charge is 0.344 e. The molecule has 0 bridgehead atoms. The summed E-state index contributed by atoms with van der Waals surface area (Å²) in [6.07, 6.45) is -1.63. The normalized spacial score (nSPS) is 12.3. The number of halogens is 4. The minimum absolute atomic E-state index is 0. The second kappa shape index (κ2) is 6.62. The van der Waals surface area contributed by atoms with Crippen molar-refractivity contribution in [2.75, 3.05) is 0 Å². The SMILES string of the molecule is CC[C@H](N)c1cnc(C(F)(F)F)nc1.Cl.N. The Labute approximate surface area is 97.5 Å². The molecule has 8 heteroatoms. The summed E-state index contributed by atoms with van der Waals surface area (Å²) in [6, 6.07) is -0.308. The average molecular weight is 259 g/mol. The summed E-state index contributed by atoms with van der Waals surface area (Å²) in [4.78, 5) is 6.41. The van der Waals surface area contributed by atoms with Crippen molar-refractivity contribution in [1.29, 1.82) is 0 Å². The monoisotopic (exact) mass is 258 g/mol. The van der Waals surface area contributed by atoms with Gasteiger partial charge in [-0.2, -0.15) is 13.2 Å². The Hall–Kier alpha value is -0.920. The topological polar surface area (TPSA) is 86.8 Å². The van der Waals surface area contributed by atoms with Crippen molar-refractivity contribution < 1.29 is 13.2 Å². The summed E-state index contributed by atoms with van der Waals surface area (Å²) in [6.45, 7) is 1.84. The first-order valence-corrected chi connectivity index (χ1v) is 4.10. The Bertz CT molecular complexity index is 301. The maximum Gasteiger partial charge on any atom is 0.451 e. The fourth-order valence-electron chi connectivity index (χ4n) is 0.912. The zero-order valence-electron chi connectivity index (χ0n) is 8.66. The van der Waals surface area contributed by atoms with Gasteiger partial charge in [-0.1, -0.05) is 6.92 Å². The molecular weight excluding hydrogens is 245 g/mol. The molecule has 5 N–H and O–H groups in total. The first-order chi connectivity index (χ1) is 6.45. The van der Waals surface area contributed by atoms with Crippen LogP contribution < -0.4 is 11.9 Å². The van der Waals surface area contributed by atoms with Gasteiger partial charge in [0.2, 0.25) is 5.82 Å². The van der Waals surface area contributed by atoms with Crippen molar-refractivity contribution in [2.45, 2.75) is 25.6 Å². The molecule has 16 heavy (non-hydrogen) atoms. The minimum atomic E-state index is -4.49. The summed E-state index contributed by atoms with van der Waals surface area (Å²) in [7, 11) is 0. The summed E-state index contributed by atoms with van der Waals surface area (Å²) in [5.74, 6) is -1.13. The number of hydrogen-bond donors (Lipinski definition) is 2. The van der Waals surface area contributed by atoms with Crippen LogP contribution in [0.4, 0.5) is 13.2 Å². The predicted octanol–water partition coefficient (Wildman–Crippen LogP) is 2.49. The predicted molar refractivity (Wildman–Crippen MR) is 56.5 cm³/mol. The lowest BCUT2D eigenvalue weighted by Crippen LogP contribution is -2.14. The number of rotatable bonds is 2. The van der Waals surface area contributed by atoms with E-state index in [9.17, 15) is 13.2 Å². The third-order valence-electron chi connectivity index (χ3n) is 1.79. The number of alkyl halides is 3. The van der Waals surface area contributed by atoms with Crippen LogP contribution in [-0.4, -0.2) is 9.97 Å². The van der Waals surface area contributed by atoms with Gasteiger partial charge in [-0.15, -0.1) is 12.4 Å². The van der Waals surface area contributed by atoms with Gasteiger partial charge in [-0.3, -0.25) is 0 Å². The number of nitrogens with two attached hydrogens (primary N) is 1. The summed E-state index contributed by atoms with van der Waals surface area (Å²) in [5.41, 5.74) is 6.11. The van der Waals surface area contributed by atoms with Gasteiger partial charge in [-0.25, -0.2) is 9.97 Å². The van der Waals surface area contributed by atoms with E-state index in [-0.39, 0.29) is 24.6 Å². The molecule has 0 unspecified atom stereocenters. The molecule has 0 aliphatic heterocycles. The Morgan fingerprint density at radius 2 is 1.75 bits per heavy atom. The molecule has 1 atom stereocenters. The van der Waals surface area contributed by atoms with E-state index in [0.717, 1.165) is 12.4 Å². The zero-order valence-corrected chi connectivity index (χ0v) is 9.48. The lowest BCUT2D eigenvalue weighted by atomic mass is 10.1. The minimum Gasteiger partial charge on any atom is -0.344 e. The third-order valence-corrected chi connectivity index (χ3v) is 1.79. The maximum absolute atomic E-state index is 12.0. The van der Waals surface area contributed by atoms with Gasteiger partial charge in [0.05, 0.1) is 0 Å². The van der Waals surface area contributed by atoms with Crippen LogP contribution in [0.15, 0.2) is 12.4 Å². The highest BCUT2D eigenvalue weighted by Gasteiger charge is 2.34. The third kappa shape index (κ3) is 4.30. The largest absolute Gasteiger partial charge is 0.451 e. The summed E-state index contributed by atoms with van der Waals surface area (Å²) >= 11 is 0. The molecular formula is C8H14ClF3N4. The van der Waals surface area contributed by atoms with E-state index in [2.05, 4.69) is 9.97 Å². The fourth-order valence-corrected chi connectivity index (χ4v) is 0.912. The van der Waals surface area contributed by atoms with Crippen LogP contribution in [0.1, 0.15) is 30.8 Å². The van der Waals surface area contributed by atoms with Crippen molar-refractivity contribution in [2.24, 2.45) is 5.73 Å². The van der Waals surface area contributed by atoms with E-state index in [1.807, 2.05) is 6.92 Å². The average Bonchev–Trinajstić information content (AvgIpc) is 2.15. The molecule has 0 aliphatic carbocycles. The Morgan fingerprint density at radius 3 is 2.06 bits per heavy atom. The van der Waals surface area contributed by atoms with E-state index < -0.39 is 12.0 Å². The van der Waals surface area contributed by atoms with Crippen LogP contribution in [-0.2, 0) is 6.18 Å². The molecule has 1 aromatic rings. The molecule has 0 fully saturated rings. The van der Waals surface area contributed by atoms with Crippen molar-refractivity contribution in [3.05, 3.63) is 23.8 Å². The van der Waals surface area contributed by atoms with Gasteiger partial charge in [0, 0.05) is 24.0 Å². The Balaban J connectivity index is 0. The van der Waals surface area contributed by atoms with Crippen LogP contribution in [0.5, 0.6) is 0 Å². The lowest BCUT2D eigenvalue weighted by molar-refractivity contribution is -0.145. The van der Waals surface area contributed by atoms with Crippen molar-refractivity contribution in [3.63, 3.8) is 0 Å². The van der Waals surface area contributed by atoms with E-state index in [1.54, 1.807) is 0 Å². The van der Waals surface area contributed by atoms with Gasteiger partial charge in [-0.05, 0) is 6.42 Å². The lowest BCUT2D eigenvalue weighted by Gasteiger charge is -2.09. The van der Waals surface area contributed by atoms with Gasteiger partial charge >= 0.3 is 6.18 Å². The van der Waals surface area contributed by atoms with Crippen LogP contribution in [0.2, 0.25) is 0 Å². The molecule has 0 radical (unpaired) electrons. The molecule has 1 rings (SSSR count). The van der Waals surface area contributed by atoms with E-state index in [1.165, 1.54) is 0 Å². The summed E-state index contributed by atoms with van der Waals surface area (Å²) < 4.78 is 36.1. The van der Waals surface area contributed by atoms with E-state index >= 15 is 0 Å². The standard InChI is InChI=1S/C8H10F3N3.ClH.H3N/c1-2-6(12)5-3-13-7(14-4-5)8(9,10)11;;/h3-4,6H,2,12H2,1H3;1H;1H3/t6-;;/m0../s1.